The molecule has 3 N–H and O–H groups in total. The van der Waals surface area contributed by atoms with Gasteiger partial charge in [0.2, 0.25) is 5.91 Å². The van der Waals surface area contributed by atoms with Gasteiger partial charge in [-0.05, 0) is 68.6 Å². The van der Waals surface area contributed by atoms with Gasteiger partial charge in [-0.1, -0.05) is 36.4 Å². The third-order valence-electron chi connectivity index (χ3n) is 7.85. The van der Waals surface area contributed by atoms with Crippen molar-refractivity contribution >= 4 is 22.6 Å². The summed E-state index contributed by atoms with van der Waals surface area (Å²) < 4.78 is 7.94. The summed E-state index contributed by atoms with van der Waals surface area (Å²) in [7, 11) is 0. The molecule has 206 valence electrons. The fourth-order valence-electron chi connectivity index (χ4n) is 5.82. The Bertz CT molecular complexity index is 1570. The van der Waals surface area contributed by atoms with E-state index in [2.05, 4.69) is 15.1 Å². The fourth-order valence-corrected chi connectivity index (χ4v) is 5.82. The number of carbonyl (C=O) groups is 1. The second-order valence-corrected chi connectivity index (χ2v) is 10.5. The molecule has 9 heteroatoms. The third kappa shape index (κ3) is 5.37. The Labute approximate surface area is 232 Å². The molecule has 0 saturated carbocycles. The summed E-state index contributed by atoms with van der Waals surface area (Å²) in [6, 6.07) is 17.3. The van der Waals surface area contributed by atoms with Crippen LogP contribution in [0.3, 0.4) is 0 Å². The van der Waals surface area contributed by atoms with E-state index in [1.807, 2.05) is 76.3 Å². The van der Waals surface area contributed by atoms with Gasteiger partial charge in [-0.2, -0.15) is 5.10 Å². The quantitative estimate of drug-likeness (QED) is 0.333. The zero-order valence-electron chi connectivity index (χ0n) is 22.5. The van der Waals surface area contributed by atoms with Crippen molar-refractivity contribution in [1.82, 2.24) is 24.6 Å². The normalized spacial score (nSPS) is 18.1. The molecule has 0 radical (unpaired) electrons. The minimum Gasteiger partial charge on any atom is -0.457 e. The Balaban J connectivity index is 1.26. The minimum atomic E-state index is -0.298. The van der Waals surface area contributed by atoms with Gasteiger partial charge in [0, 0.05) is 37.5 Å². The maximum atomic E-state index is 13.1. The number of nitrogens with two attached hydrogens (primary N) is 1. The third-order valence-corrected chi connectivity index (χ3v) is 7.85. The molecular formula is C31H34N6O3. The zero-order chi connectivity index (χ0) is 27.5. The summed E-state index contributed by atoms with van der Waals surface area (Å²) in [5.41, 5.74) is 8.23. The molecule has 2 saturated heterocycles. The Morgan fingerprint density at radius 2 is 1.77 bits per heavy atom. The monoisotopic (exact) mass is 538 g/mol. The highest BCUT2D eigenvalue weighted by atomic mass is 16.5. The molecule has 0 spiro atoms. The molecule has 1 atom stereocenters. The van der Waals surface area contributed by atoms with E-state index in [1.54, 1.807) is 6.08 Å². The van der Waals surface area contributed by atoms with E-state index in [4.69, 9.17) is 10.5 Å². The number of nitrogens with zero attached hydrogens (tertiary/aromatic N) is 4. The number of anilines is 1. The molecule has 9 nitrogen and oxygen atoms in total. The number of aromatic amines is 1. The fraction of sp³-hybridized carbons (Fsp3) is 0.323. The number of aromatic nitrogens is 3. The van der Waals surface area contributed by atoms with Gasteiger partial charge in [0.25, 0.3) is 5.56 Å². The molecule has 2 aromatic carbocycles. The highest BCUT2D eigenvalue weighted by Crippen LogP contribution is 2.36. The molecule has 6 rings (SSSR count). The molecule has 2 fully saturated rings. The maximum Gasteiger partial charge on any atom is 0.288 e. The van der Waals surface area contributed by atoms with Gasteiger partial charge >= 0.3 is 0 Å². The second-order valence-electron chi connectivity index (χ2n) is 10.5. The number of fused-ring (bicyclic) bond motifs is 1. The lowest BCUT2D eigenvalue weighted by Gasteiger charge is -2.33. The highest BCUT2D eigenvalue weighted by molar-refractivity contribution is 6.02. The number of H-pyrrole nitrogens is 1. The lowest BCUT2D eigenvalue weighted by molar-refractivity contribution is -0.127. The average Bonchev–Trinajstić information content (AvgIpc) is 3.65. The number of para-hydroxylation sites is 1. The van der Waals surface area contributed by atoms with E-state index < -0.39 is 0 Å². The van der Waals surface area contributed by atoms with Gasteiger partial charge in [0.15, 0.2) is 5.82 Å². The summed E-state index contributed by atoms with van der Waals surface area (Å²) in [5, 5.41) is 7.22. The van der Waals surface area contributed by atoms with Gasteiger partial charge in [0.1, 0.15) is 17.0 Å². The van der Waals surface area contributed by atoms with Crippen LogP contribution in [0.1, 0.15) is 31.7 Å². The number of likely N-dealkylation sites (tertiary alicyclic amines) is 2. The number of carbonyl (C=O) groups excluding carboxylic acids is 1. The molecular weight excluding hydrogens is 504 g/mol. The van der Waals surface area contributed by atoms with E-state index >= 15 is 0 Å². The predicted octanol–water partition coefficient (Wildman–Crippen LogP) is 4.58. The molecule has 2 aromatic heterocycles. The Morgan fingerprint density at radius 1 is 1.02 bits per heavy atom. The van der Waals surface area contributed by atoms with Crippen molar-refractivity contribution in [3.05, 3.63) is 83.3 Å². The number of rotatable bonds is 7. The van der Waals surface area contributed by atoms with Crippen molar-refractivity contribution in [3.63, 3.8) is 0 Å². The van der Waals surface area contributed by atoms with Crippen LogP contribution in [0.25, 0.3) is 22.0 Å². The minimum absolute atomic E-state index is 0.0182. The first-order valence-electron chi connectivity index (χ1n) is 14.0. The molecule has 0 unspecified atom stereocenters. The summed E-state index contributed by atoms with van der Waals surface area (Å²) in [4.78, 5) is 30.3. The van der Waals surface area contributed by atoms with E-state index in [1.165, 1.54) is 12.8 Å². The van der Waals surface area contributed by atoms with Crippen molar-refractivity contribution in [1.29, 1.82) is 0 Å². The van der Waals surface area contributed by atoms with Crippen molar-refractivity contribution in [2.45, 2.75) is 31.7 Å². The largest absolute Gasteiger partial charge is 0.457 e. The Morgan fingerprint density at radius 3 is 2.55 bits per heavy atom. The van der Waals surface area contributed by atoms with Gasteiger partial charge in [-0.15, -0.1) is 0 Å². The average molecular weight is 539 g/mol. The number of hydrogen-bond donors (Lipinski definition) is 2. The SMILES string of the molecule is Nc1n[nH]c(=O)c2c1c(-c1ccc(Oc3ccccc3)cc1)cn2[C@@H]1CCCN(C(=O)C=CCN2CCCC2)C1. The van der Waals surface area contributed by atoms with Crippen LogP contribution < -0.4 is 16.0 Å². The van der Waals surface area contributed by atoms with Crippen LogP contribution in [-0.2, 0) is 4.79 Å². The summed E-state index contributed by atoms with van der Waals surface area (Å²) in [6.07, 6.45) is 9.83. The van der Waals surface area contributed by atoms with Crippen LogP contribution in [0.4, 0.5) is 5.82 Å². The Hall–Kier alpha value is -4.37. The van der Waals surface area contributed by atoms with Crippen LogP contribution in [0.15, 0.2) is 77.7 Å². The van der Waals surface area contributed by atoms with E-state index in [0.717, 1.165) is 49.4 Å². The van der Waals surface area contributed by atoms with Gasteiger partial charge in [-0.25, -0.2) is 5.10 Å². The number of amides is 1. The first-order chi connectivity index (χ1) is 19.6. The van der Waals surface area contributed by atoms with E-state index in [9.17, 15) is 9.59 Å². The number of nitrogen functional groups attached to an aromatic ring is 1. The molecule has 40 heavy (non-hydrogen) atoms. The Kier molecular flexibility index (Phi) is 7.37. The zero-order valence-corrected chi connectivity index (χ0v) is 22.5. The first kappa shape index (κ1) is 25.9. The molecule has 2 aliphatic rings. The molecule has 0 aliphatic carbocycles. The van der Waals surface area contributed by atoms with Crippen molar-refractivity contribution in [2.75, 3.05) is 38.5 Å². The van der Waals surface area contributed by atoms with Crippen LogP contribution in [-0.4, -0.2) is 63.2 Å². The van der Waals surface area contributed by atoms with Gasteiger partial charge in [0.05, 0.1) is 11.4 Å². The van der Waals surface area contributed by atoms with Crippen molar-refractivity contribution in [3.8, 4) is 22.6 Å². The maximum absolute atomic E-state index is 13.1. The van der Waals surface area contributed by atoms with Crippen LogP contribution >= 0.6 is 0 Å². The first-order valence-corrected chi connectivity index (χ1v) is 14.0. The van der Waals surface area contributed by atoms with Crippen molar-refractivity contribution < 1.29 is 9.53 Å². The summed E-state index contributed by atoms with van der Waals surface area (Å²) in [6.45, 7) is 4.25. The van der Waals surface area contributed by atoms with Crippen LogP contribution in [0, 0.1) is 0 Å². The molecule has 1 amide bonds. The number of ether oxygens (including phenoxy) is 1. The smallest absolute Gasteiger partial charge is 0.288 e. The van der Waals surface area contributed by atoms with E-state index in [-0.39, 0.29) is 23.3 Å². The van der Waals surface area contributed by atoms with Gasteiger partial charge in [-0.3, -0.25) is 14.5 Å². The topological polar surface area (TPSA) is 109 Å². The highest BCUT2D eigenvalue weighted by Gasteiger charge is 2.27. The molecule has 4 heterocycles. The van der Waals surface area contributed by atoms with Crippen molar-refractivity contribution in [2.24, 2.45) is 0 Å². The number of nitrogens with one attached hydrogen (secondary N) is 1. The van der Waals surface area contributed by atoms with E-state index in [0.29, 0.717) is 29.7 Å². The number of benzene rings is 2. The summed E-state index contributed by atoms with van der Waals surface area (Å²) in [5.74, 6) is 1.75. The second kappa shape index (κ2) is 11.4. The van der Waals surface area contributed by atoms with Crippen LogP contribution in [0.2, 0.25) is 0 Å². The molecule has 4 aromatic rings. The van der Waals surface area contributed by atoms with Crippen LogP contribution in [0.5, 0.6) is 11.5 Å². The molecule has 0 bridgehead atoms. The number of piperidine rings is 1. The van der Waals surface area contributed by atoms with Gasteiger partial charge < -0.3 is 19.9 Å². The summed E-state index contributed by atoms with van der Waals surface area (Å²) >= 11 is 0. The predicted molar refractivity (Wildman–Crippen MR) is 156 cm³/mol. The number of hydrogen-bond acceptors (Lipinski definition) is 6. The lowest BCUT2D eigenvalue weighted by atomic mass is 10.1. The molecule has 2 aliphatic heterocycles. The lowest BCUT2D eigenvalue weighted by Crippen LogP contribution is -2.40. The standard InChI is InChI=1S/C31H34N6O3/c32-30-28-26(22-12-14-25(15-13-22)40-24-9-2-1-3-10-24)21-37(29(28)31(39)34-33-30)23-8-6-19-36(20-23)27(38)11-7-18-35-16-4-5-17-35/h1-3,7,9-15,21,23H,4-6,8,16-20H2,(H2,32,33)(H,34,39)/t23-/m1/s1.